The smallest absolute Gasteiger partial charge is 0.181 e. The molecule has 3 rings (SSSR count). The van der Waals surface area contributed by atoms with Crippen molar-refractivity contribution in [2.75, 3.05) is 27.2 Å². The number of hydrogen-bond acceptors (Lipinski definition) is 4. The van der Waals surface area contributed by atoms with Gasteiger partial charge < -0.3 is 9.64 Å². The molecule has 0 bridgehead atoms. The number of carbonyl (C=O) groups is 1. The molecule has 4 nitrogen and oxygen atoms in total. The second-order valence-corrected chi connectivity index (χ2v) is 7.11. The minimum Gasteiger partial charge on any atom is -0.496 e. The van der Waals surface area contributed by atoms with Crippen LogP contribution in [0.2, 0.25) is 0 Å². The van der Waals surface area contributed by atoms with Gasteiger partial charge in [0.1, 0.15) is 11.4 Å². The van der Waals surface area contributed by atoms with E-state index in [2.05, 4.69) is 29.1 Å². The number of Topliss-reactive ketones (excluding diaryl/α,β-unsaturated/α-hetero) is 1. The number of benzene rings is 1. The quantitative estimate of drug-likeness (QED) is 0.704. The van der Waals surface area contributed by atoms with Crippen LogP contribution in [0.25, 0.3) is 0 Å². The van der Waals surface area contributed by atoms with Crippen LogP contribution in [0.15, 0.2) is 42.5 Å². The fourth-order valence-electron chi connectivity index (χ4n) is 3.62. The molecule has 2 heterocycles. The van der Waals surface area contributed by atoms with Crippen molar-refractivity contribution < 1.29 is 9.53 Å². The third kappa shape index (κ3) is 4.70. The number of methoxy groups -OCH3 is 1. The molecule has 0 radical (unpaired) electrons. The van der Waals surface area contributed by atoms with E-state index in [1.54, 1.807) is 7.11 Å². The van der Waals surface area contributed by atoms with Gasteiger partial charge in [-0.05, 0) is 69.6 Å². The van der Waals surface area contributed by atoms with E-state index >= 15 is 0 Å². The fourth-order valence-corrected chi connectivity index (χ4v) is 3.62. The van der Waals surface area contributed by atoms with Gasteiger partial charge in [-0.1, -0.05) is 24.3 Å². The molecule has 1 aliphatic heterocycles. The molecule has 0 atom stereocenters. The van der Waals surface area contributed by atoms with E-state index in [4.69, 9.17) is 4.74 Å². The van der Waals surface area contributed by atoms with E-state index in [1.165, 1.54) is 0 Å². The number of pyridine rings is 1. The minimum absolute atomic E-state index is 0.134. The van der Waals surface area contributed by atoms with Crippen LogP contribution in [0.1, 0.15) is 53.3 Å². The first kappa shape index (κ1) is 18.6. The molecule has 1 aliphatic rings. The second kappa shape index (κ2) is 8.95. The summed E-state index contributed by atoms with van der Waals surface area (Å²) in [5, 5.41) is 0. The van der Waals surface area contributed by atoms with Crippen molar-refractivity contribution in [2.24, 2.45) is 0 Å². The predicted molar refractivity (Wildman–Crippen MR) is 104 cm³/mol. The topological polar surface area (TPSA) is 42.4 Å². The van der Waals surface area contributed by atoms with E-state index in [-0.39, 0.29) is 5.78 Å². The number of aromatic nitrogens is 1. The Morgan fingerprint density at radius 3 is 2.69 bits per heavy atom. The average molecular weight is 352 g/mol. The lowest BCUT2D eigenvalue weighted by molar-refractivity contribution is 0.0975. The Hall–Kier alpha value is -2.20. The summed E-state index contributed by atoms with van der Waals surface area (Å²) >= 11 is 0. The van der Waals surface area contributed by atoms with E-state index in [0.29, 0.717) is 18.0 Å². The molecule has 0 saturated carbocycles. The number of nitrogens with zero attached hydrogens (tertiary/aromatic N) is 2. The van der Waals surface area contributed by atoms with Crippen molar-refractivity contribution in [3.05, 3.63) is 59.4 Å². The first-order chi connectivity index (χ1) is 12.7. The first-order valence-electron chi connectivity index (χ1n) is 9.48. The fraction of sp³-hybridized carbons (Fsp3) is 0.455. The Bertz CT molecular complexity index is 736. The summed E-state index contributed by atoms with van der Waals surface area (Å²) in [7, 11) is 3.84. The number of likely N-dealkylation sites (tertiary alicyclic amines) is 1. The summed E-state index contributed by atoms with van der Waals surface area (Å²) in [6.45, 7) is 2.20. The molecule has 1 aromatic carbocycles. The van der Waals surface area contributed by atoms with Crippen molar-refractivity contribution in [1.29, 1.82) is 0 Å². The third-order valence-electron chi connectivity index (χ3n) is 5.24. The molecule has 0 amide bonds. The summed E-state index contributed by atoms with van der Waals surface area (Å²) < 4.78 is 5.38. The number of ketones is 1. The Kier molecular flexibility index (Phi) is 6.40. The molecule has 2 aromatic rings. The van der Waals surface area contributed by atoms with E-state index in [9.17, 15) is 4.79 Å². The summed E-state index contributed by atoms with van der Waals surface area (Å²) in [6, 6.07) is 13.9. The number of ether oxygens (including phenoxy) is 1. The number of carbonyl (C=O) groups excluding carboxylic acids is 1. The van der Waals surface area contributed by atoms with Crippen molar-refractivity contribution in [3.63, 3.8) is 0 Å². The summed E-state index contributed by atoms with van der Waals surface area (Å²) in [5.74, 6) is 1.50. The van der Waals surface area contributed by atoms with Crippen LogP contribution in [0, 0.1) is 0 Å². The molecular weight excluding hydrogens is 324 g/mol. The molecule has 0 aliphatic carbocycles. The van der Waals surface area contributed by atoms with Gasteiger partial charge in [-0.25, -0.2) is 4.98 Å². The Morgan fingerprint density at radius 1 is 1.15 bits per heavy atom. The number of piperidine rings is 1. The van der Waals surface area contributed by atoms with Crippen molar-refractivity contribution in [1.82, 2.24) is 9.88 Å². The highest BCUT2D eigenvalue weighted by molar-refractivity contribution is 5.94. The normalized spacial score (nSPS) is 15.8. The molecule has 26 heavy (non-hydrogen) atoms. The maximum absolute atomic E-state index is 12.6. The lowest BCUT2D eigenvalue weighted by Gasteiger charge is -2.28. The summed E-state index contributed by atoms with van der Waals surface area (Å²) in [6.07, 6.45) is 4.40. The first-order valence-corrected chi connectivity index (χ1v) is 9.48. The van der Waals surface area contributed by atoms with E-state index < -0.39 is 0 Å². The molecule has 4 heteroatoms. The van der Waals surface area contributed by atoms with Gasteiger partial charge in [0, 0.05) is 18.0 Å². The number of hydrogen-bond donors (Lipinski definition) is 0. The molecular formula is C22H28N2O2. The van der Waals surface area contributed by atoms with Crippen molar-refractivity contribution in [3.8, 4) is 5.75 Å². The standard InChI is InChI=1S/C22H28N2O2/c1-24-15-13-17(14-16-24)19-9-6-10-20(23-19)21(25)11-5-8-18-7-3-4-12-22(18)26-2/h3-4,6-7,9-10,12,17H,5,8,11,13-16H2,1-2H3. The number of rotatable bonds is 7. The highest BCUT2D eigenvalue weighted by Gasteiger charge is 2.20. The highest BCUT2D eigenvalue weighted by atomic mass is 16.5. The second-order valence-electron chi connectivity index (χ2n) is 7.11. The maximum atomic E-state index is 12.6. The monoisotopic (exact) mass is 352 g/mol. The van der Waals surface area contributed by atoms with Gasteiger partial charge in [-0.15, -0.1) is 0 Å². The van der Waals surface area contributed by atoms with Crippen molar-refractivity contribution >= 4 is 5.78 Å². The van der Waals surface area contributed by atoms with Crippen LogP contribution < -0.4 is 4.74 Å². The van der Waals surface area contributed by atoms with Gasteiger partial charge in [0.05, 0.1) is 7.11 Å². The van der Waals surface area contributed by atoms with Gasteiger partial charge in [0.2, 0.25) is 0 Å². The Morgan fingerprint density at radius 2 is 1.92 bits per heavy atom. The SMILES string of the molecule is COc1ccccc1CCCC(=O)c1cccc(C2CCN(C)CC2)n1. The predicted octanol–water partition coefficient (Wildman–Crippen LogP) is 4.11. The summed E-state index contributed by atoms with van der Waals surface area (Å²) in [5.41, 5.74) is 2.84. The molecule has 0 spiro atoms. The van der Waals surface area contributed by atoms with Gasteiger partial charge in [-0.2, -0.15) is 0 Å². The summed E-state index contributed by atoms with van der Waals surface area (Å²) in [4.78, 5) is 19.6. The minimum atomic E-state index is 0.134. The molecule has 1 saturated heterocycles. The van der Waals surface area contributed by atoms with Crippen LogP contribution in [0.4, 0.5) is 0 Å². The van der Waals surface area contributed by atoms with Crippen LogP contribution >= 0.6 is 0 Å². The van der Waals surface area contributed by atoms with Crippen molar-refractivity contribution in [2.45, 2.75) is 38.0 Å². The van der Waals surface area contributed by atoms with Gasteiger partial charge in [0.25, 0.3) is 0 Å². The van der Waals surface area contributed by atoms with Crippen LogP contribution in [-0.4, -0.2) is 42.9 Å². The van der Waals surface area contributed by atoms with Crippen LogP contribution in [0.3, 0.4) is 0 Å². The molecule has 1 fully saturated rings. The van der Waals surface area contributed by atoms with E-state index in [0.717, 1.165) is 55.8 Å². The number of para-hydroxylation sites is 1. The zero-order chi connectivity index (χ0) is 18.4. The van der Waals surface area contributed by atoms with Gasteiger partial charge in [-0.3, -0.25) is 4.79 Å². The average Bonchev–Trinajstić information content (AvgIpc) is 2.69. The zero-order valence-corrected chi connectivity index (χ0v) is 15.8. The lowest BCUT2D eigenvalue weighted by Crippen LogP contribution is -2.29. The maximum Gasteiger partial charge on any atom is 0.181 e. The number of aryl methyl sites for hydroxylation is 1. The molecule has 0 unspecified atom stereocenters. The van der Waals surface area contributed by atoms with E-state index in [1.807, 2.05) is 30.3 Å². The molecule has 0 N–H and O–H groups in total. The van der Waals surface area contributed by atoms with Gasteiger partial charge in [0.15, 0.2) is 5.78 Å². The molecule has 1 aromatic heterocycles. The zero-order valence-electron chi connectivity index (χ0n) is 15.8. The van der Waals surface area contributed by atoms with Crippen LogP contribution in [-0.2, 0) is 6.42 Å². The highest BCUT2D eigenvalue weighted by Crippen LogP contribution is 2.26. The molecule has 138 valence electrons. The lowest BCUT2D eigenvalue weighted by atomic mass is 9.93. The Labute approximate surface area is 156 Å². The largest absolute Gasteiger partial charge is 0.496 e. The third-order valence-corrected chi connectivity index (χ3v) is 5.24. The van der Waals surface area contributed by atoms with Gasteiger partial charge >= 0.3 is 0 Å². The van der Waals surface area contributed by atoms with Crippen LogP contribution in [0.5, 0.6) is 5.75 Å². The Balaban J connectivity index is 1.57.